The summed E-state index contributed by atoms with van der Waals surface area (Å²) in [5, 5.41) is 12.8. The van der Waals surface area contributed by atoms with E-state index in [9.17, 15) is 13.9 Å². The molecule has 2 rings (SSSR count). The first-order valence-corrected chi connectivity index (χ1v) is 7.22. The molecule has 0 aliphatic heterocycles. The van der Waals surface area contributed by atoms with E-state index in [1.807, 2.05) is 0 Å². The van der Waals surface area contributed by atoms with Crippen LogP contribution in [0.2, 0.25) is 0 Å². The van der Waals surface area contributed by atoms with Gasteiger partial charge in [-0.15, -0.1) is 0 Å². The van der Waals surface area contributed by atoms with Crippen LogP contribution in [0.3, 0.4) is 0 Å². The van der Waals surface area contributed by atoms with Gasteiger partial charge < -0.3 is 19.9 Å². The molecule has 0 radical (unpaired) electrons. The van der Waals surface area contributed by atoms with Crippen molar-refractivity contribution in [3.63, 3.8) is 0 Å². The molecular formula is C15H21F2NO3. The van der Waals surface area contributed by atoms with E-state index in [0.717, 1.165) is 12.8 Å². The highest BCUT2D eigenvalue weighted by atomic mass is 19.3. The Morgan fingerprint density at radius 1 is 1.24 bits per heavy atom. The summed E-state index contributed by atoms with van der Waals surface area (Å²) >= 11 is 0. The molecule has 1 unspecified atom stereocenters. The number of alkyl halides is 2. The number of nitrogens with one attached hydrogen (secondary N) is 1. The van der Waals surface area contributed by atoms with Crippen LogP contribution in [0.25, 0.3) is 0 Å². The predicted octanol–water partition coefficient (Wildman–Crippen LogP) is 3.02. The molecule has 0 amide bonds. The zero-order valence-corrected chi connectivity index (χ0v) is 11.8. The summed E-state index contributed by atoms with van der Waals surface area (Å²) in [5.41, 5.74) is 0.428. The van der Waals surface area contributed by atoms with E-state index < -0.39 is 12.7 Å². The molecule has 0 spiro atoms. The van der Waals surface area contributed by atoms with Crippen molar-refractivity contribution in [2.24, 2.45) is 0 Å². The van der Waals surface area contributed by atoms with Gasteiger partial charge >= 0.3 is 6.61 Å². The first-order chi connectivity index (χ1) is 10.1. The largest absolute Gasteiger partial charge is 0.433 e. The number of aliphatic hydroxyl groups is 1. The maximum Gasteiger partial charge on any atom is 0.387 e. The monoisotopic (exact) mass is 301 g/mol. The summed E-state index contributed by atoms with van der Waals surface area (Å²) in [6.45, 7) is -2.41. The maximum absolute atomic E-state index is 12.3. The van der Waals surface area contributed by atoms with Gasteiger partial charge in [0.25, 0.3) is 0 Å². The first kappa shape index (κ1) is 16.0. The topological polar surface area (TPSA) is 50.7 Å². The highest BCUT2D eigenvalue weighted by Crippen LogP contribution is 2.25. The Hall–Kier alpha value is -1.40. The third-order valence-electron chi connectivity index (χ3n) is 3.46. The lowest BCUT2D eigenvalue weighted by Crippen LogP contribution is -2.27. The average molecular weight is 301 g/mol. The summed E-state index contributed by atoms with van der Waals surface area (Å²) in [7, 11) is 0. The molecule has 1 aromatic carbocycles. The molecule has 21 heavy (non-hydrogen) atoms. The Balaban J connectivity index is 1.76. The summed E-state index contributed by atoms with van der Waals surface area (Å²) in [6.07, 6.45) is 4.00. The minimum atomic E-state index is -2.87. The number of rotatable bonds is 8. The summed E-state index contributed by atoms with van der Waals surface area (Å²) in [6, 6.07) is 6.41. The minimum absolute atomic E-state index is 0.0661. The van der Waals surface area contributed by atoms with Crippen LogP contribution in [0.15, 0.2) is 24.3 Å². The minimum Gasteiger partial charge on any atom is -0.433 e. The molecule has 1 aliphatic carbocycles. The SMILES string of the molecule is OC(CNc1ccccc1OC(F)F)COC1CCCC1. The Morgan fingerprint density at radius 3 is 2.67 bits per heavy atom. The van der Waals surface area contributed by atoms with Crippen LogP contribution in [0.4, 0.5) is 14.5 Å². The Morgan fingerprint density at radius 2 is 1.95 bits per heavy atom. The highest BCUT2D eigenvalue weighted by molar-refractivity contribution is 5.56. The zero-order valence-electron chi connectivity index (χ0n) is 11.8. The number of ether oxygens (including phenoxy) is 2. The number of hydrogen-bond acceptors (Lipinski definition) is 4. The van der Waals surface area contributed by atoms with Gasteiger partial charge in [-0.05, 0) is 25.0 Å². The van der Waals surface area contributed by atoms with Crippen molar-refractivity contribution in [1.29, 1.82) is 0 Å². The fourth-order valence-electron chi connectivity index (χ4n) is 2.40. The van der Waals surface area contributed by atoms with Gasteiger partial charge in [-0.2, -0.15) is 8.78 Å². The number of benzene rings is 1. The standard InChI is InChI=1S/C15H21F2NO3/c16-15(17)21-14-8-4-3-7-13(14)18-9-11(19)10-20-12-5-1-2-6-12/h3-4,7-8,11-12,15,18-19H,1-2,5-6,9-10H2. The van der Waals surface area contributed by atoms with Gasteiger partial charge in [0.05, 0.1) is 24.5 Å². The lowest BCUT2D eigenvalue weighted by atomic mass is 10.2. The predicted molar refractivity (Wildman–Crippen MR) is 75.8 cm³/mol. The Bertz CT molecular complexity index is 425. The van der Waals surface area contributed by atoms with Gasteiger partial charge in [-0.3, -0.25) is 0 Å². The van der Waals surface area contributed by atoms with Gasteiger partial charge in [0.15, 0.2) is 0 Å². The van der Waals surface area contributed by atoms with Crippen molar-refractivity contribution in [2.45, 2.75) is 44.5 Å². The van der Waals surface area contributed by atoms with Crippen molar-refractivity contribution in [2.75, 3.05) is 18.5 Å². The maximum atomic E-state index is 12.3. The molecule has 1 saturated carbocycles. The fraction of sp³-hybridized carbons (Fsp3) is 0.600. The van der Waals surface area contributed by atoms with Gasteiger partial charge in [0.1, 0.15) is 5.75 Å². The van der Waals surface area contributed by atoms with Crippen LogP contribution in [-0.2, 0) is 4.74 Å². The number of aliphatic hydroxyl groups excluding tert-OH is 1. The normalized spacial score (nSPS) is 17.1. The van der Waals surface area contributed by atoms with E-state index in [2.05, 4.69) is 10.1 Å². The lowest BCUT2D eigenvalue weighted by molar-refractivity contribution is -0.0494. The first-order valence-electron chi connectivity index (χ1n) is 7.22. The van der Waals surface area contributed by atoms with Gasteiger partial charge in [-0.1, -0.05) is 25.0 Å². The van der Waals surface area contributed by atoms with Crippen molar-refractivity contribution >= 4 is 5.69 Å². The van der Waals surface area contributed by atoms with Crippen LogP contribution >= 0.6 is 0 Å². The molecule has 6 heteroatoms. The van der Waals surface area contributed by atoms with E-state index in [0.29, 0.717) is 5.69 Å². The van der Waals surface area contributed by atoms with Gasteiger partial charge in [0, 0.05) is 6.54 Å². The third kappa shape index (κ3) is 5.47. The second-order valence-corrected chi connectivity index (χ2v) is 5.15. The van der Waals surface area contributed by atoms with E-state index >= 15 is 0 Å². The Kier molecular flexibility index (Phi) is 6.20. The molecule has 0 heterocycles. The molecule has 0 aromatic heterocycles. The molecule has 0 saturated heterocycles. The number of para-hydroxylation sites is 2. The van der Waals surface area contributed by atoms with E-state index in [1.54, 1.807) is 18.2 Å². The van der Waals surface area contributed by atoms with E-state index in [-0.39, 0.29) is 25.0 Å². The molecule has 1 aromatic rings. The van der Waals surface area contributed by atoms with E-state index in [1.165, 1.54) is 18.9 Å². The quantitative estimate of drug-likeness (QED) is 0.775. The molecule has 0 bridgehead atoms. The highest BCUT2D eigenvalue weighted by Gasteiger charge is 2.17. The summed E-state index contributed by atoms with van der Waals surface area (Å²) in [4.78, 5) is 0. The fourth-order valence-corrected chi connectivity index (χ4v) is 2.40. The Labute approximate surface area is 123 Å². The molecule has 2 N–H and O–H groups in total. The zero-order chi connectivity index (χ0) is 15.1. The van der Waals surface area contributed by atoms with Crippen LogP contribution in [0.1, 0.15) is 25.7 Å². The number of hydrogen-bond donors (Lipinski definition) is 2. The molecular weight excluding hydrogens is 280 g/mol. The van der Waals surface area contributed by atoms with E-state index in [4.69, 9.17) is 4.74 Å². The van der Waals surface area contributed by atoms with Crippen LogP contribution in [0.5, 0.6) is 5.75 Å². The van der Waals surface area contributed by atoms with Crippen LogP contribution in [0, 0.1) is 0 Å². The van der Waals surface area contributed by atoms with Crippen molar-refractivity contribution in [1.82, 2.24) is 0 Å². The van der Waals surface area contributed by atoms with Crippen LogP contribution in [-0.4, -0.2) is 37.1 Å². The lowest BCUT2D eigenvalue weighted by Gasteiger charge is -2.17. The second-order valence-electron chi connectivity index (χ2n) is 5.15. The van der Waals surface area contributed by atoms with Crippen LogP contribution < -0.4 is 10.1 Å². The molecule has 118 valence electrons. The van der Waals surface area contributed by atoms with Gasteiger partial charge in [0.2, 0.25) is 0 Å². The number of anilines is 1. The second kappa shape index (κ2) is 8.14. The molecule has 1 atom stereocenters. The third-order valence-corrected chi connectivity index (χ3v) is 3.46. The summed E-state index contributed by atoms with van der Waals surface area (Å²) in [5.74, 6) is 0.0661. The molecule has 1 fully saturated rings. The van der Waals surface area contributed by atoms with Crippen molar-refractivity contribution in [3.05, 3.63) is 24.3 Å². The molecule has 1 aliphatic rings. The smallest absolute Gasteiger partial charge is 0.387 e. The summed E-state index contributed by atoms with van der Waals surface area (Å²) < 4.78 is 34.6. The van der Waals surface area contributed by atoms with Crippen molar-refractivity contribution in [3.8, 4) is 5.75 Å². The van der Waals surface area contributed by atoms with Gasteiger partial charge in [-0.25, -0.2) is 0 Å². The average Bonchev–Trinajstić information content (AvgIpc) is 2.97. The van der Waals surface area contributed by atoms with Crippen molar-refractivity contribution < 1.29 is 23.4 Å². The number of halogens is 2. The molecule has 4 nitrogen and oxygen atoms in total.